The zero-order chi connectivity index (χ0) is 38.5. The zero-order valence-corrected chi connectivity index (χ0v) is 29.4. The van der Waals surface area contributed by atoms with Crippen LogP contribution in [0.15, 0.2) is 146 Å². The Kier molecular flexibility index (Phi) is 7.81. The number of hydrogen-bond donors (Lipinski definition) is 0. The summed E-state index contributed by atoms with van der Waals surface area (Å²) in [6.07, 6.45) is 0. The van der Waals surface area contributed by atoms with Gasteiger partial charge in [-0.05, 0) is 82.9 Å². The predicted molar refractivity (Wildman–Crippen MR) is 217 cm³/mol. The van der Waals surface area contributed by atoms with Crippen LogP contribution in [0.1, 0.15) is 31.8 Å². The molecule has 0 aliphatic carbocycles. The highest BCUT2D eigenvalue weighted by atomic mass is 16.2. The number of carbonyl (C=O) groups is 2. The van der Waals surface area contributed by atoms with Crippen molar-refractivity contribution in [2.75, 3.05) is 4.90 Å². The molecule has 1 aromatic heterocycles. The van der Waals surface area contributed by atoms with Crippen molar-refractivity contribution < 1.29 is 9.59 Å². The third-order valence-electron chi connectivity index (χ3n) is 10.1. The van der Waals surface area contributed by atoms with Gasteiger partial charge in [-0.1, -0.05) is 84.9 Å². The molecule has 0 saturated carbocycles. The van der Waals surface area contributed by atoms with Crippen molar-refractivity contribution in [1.82, 2.24) is 4.57 Å². The van der Waals surface area contributed by atoms with Gasteiger partial charge >= 0.3 is 0 Å². The summed E-state index contributed by atoms with van der Waals surface area (Å²) in [4.78, 5) is 37.7. The Labute approximate surface area is 321 Å². The molecule has 0 bridgehead atoms. The standard InChI is InChI=1S/C48H24N6O2/c1-51-35-22-29(27-49)20-33(24-35)38-14-7-16-40-41-17-8-15-39(34-21-30(28-50)23-36(25-34)52-2)46(41)54(45(38)40)43-19-9-18-42-44(43)48(56)53(47(42)55)37-13-6-12-32(26-37)31-10-4-3-5-11-31/h3-26H. The Balaban J connectivity index is 1.36. The quantitative estimate of drug-likeness (QED) is 0.131. The Hall–Kier alpha value is -8.56. The largest absolute Gasteiger partial charge is 0.307 e. The lowest BCUT2D eigenvalue weighted by Gasteiger charge is -2.17. The number of anilines is 1. The van der Waals surface area contributed by atoms with E-state index in [4.69, 9.17) is 13.1 Å². The molecule has 0 saturated heterocycles. The number of rotatable bonds is 5. The van der Waals surface area contributed by atoms with Gasteiger partial charge in [-0.3, -0.25) is 9.59 Å². The molecule has 9 rings (SSSR count). The first-order valence-electron chi connectivity index (χ1n) is 17.5. The van der Waals surface area contributed by atoms with Crippen LogP contribution in [-0.2, 0) is 0 Å². The zero-order valence-electron chi connectivity index (χ0n) is 29.4. The number of nitriles is 2. The smallest absolute Gasteiger partial charge is 0.268 e. The second-order valence-electron chi connectivity index (χ2n) is 13.3. The van der Waals surface area contributed by atoms with Crippen molar-refractivity contribution in [1.29, 1.82) is 10.5 Å². The molecular weight excluding hydrogens is 693 g/mol. The van der Waals surface area contributed by atoms with Crippen molar-refractivity contribution in [2.24, 2.45) is 0 Å². The molecule has 56 heavy (non-hydrogen) atoms. The molecule has 0 fully saturated rings. The second kappa shape index (κ2) is 13.1. The van der Waals surface area contributed by atoms with E-state index in [-0.39, 0.29) is 11.1 Å². The van der Waals surface area contributed by atoms with E-state index in [0.717, 1.165) is 21.9 Å². The number of hydrogen-bond acceptors (Lipinski definition) is 4. The fourth-order valence-electron chi connectivity index (χ4n) is 7.76. The maximum atomic E-state index is 14.8. The number of fused-ring (bicyclic) bond motifs is 4. The number of carbonyl (C=O) groups excluding carboxylic acids is 2. The average molecular weight is 717 g/mol. The average Bonchev–Trinajstić information content (AvgIpc) is 3.74. The third kappa shape index (κ3) is 5.19. The summed E-state index contributed by atoms with van der Waals surface area (Å²) in [5.41, 5.74) is 8.40. The van der Waals surface area contributed by atoms with Crippen LogP contribution in [0.3, 0.4) is 0 Å². The first kappa shape index (κ1) is 33.3. The van der Waals surface area contributed by atoms with Crippen molar-refractivity contribution in [3.05, 3.63) is 191 Å². The molecule has 8 nitrogen and oxygen atoms in total. The Morgan fingerprint density at radius 3 is 1.61 bits per heavy atom. The molecule has 258 valence electrons. The number of benzene rings is 7. The van der Waals surface area contributed by atoms with Gasteiger partial charge in [-0.25, -0.2) is 14.6 Å². The number of imide groups is 1. The van der Waals surface area contributed by atoms with Crippen molar-refractivity contribution in [3.8, 4) is 51.2 Å². The summed E-state index contributed by atoms with van der Waals surface area (Å²) in [6.45, 7) is 15.5. The highest BCUT2D eigenvalue weighted by molar-refractivity contribution is 6.36. The van der Waals surface area contributed by atoms with Gasteiger partial charge in [0.1, 0.15) is 0 Å². The molecule has 0 N–H and O–H groups in total. The Morgan fingerprint density at radius 2 is 1.04 bits per heavy atom. The normalized spacial score (nSPS) is 11.9. The molecule has 1 aliphatic rings. The fourth-order valence-corrected chi connectivity index (χ4v) is 7.76. The minimum atomic E-state index is -0.487. The van der Waals surface area contributed by atoms with Crippen molar-refractivity contribution >= 4 is 50.7 Å². The monoisotopic (exact) mass is 716 g/mol. The van der Waals surface area contributed by atoms with Crippen LogP contribution in [0.25, 0.3) is 70.6 Å². The van der Waals surface area contributed by atoms with E-state index in [2.05, 4.69) is 21.8 Å². The summed E-state index contributed by atoms with van der Waals surface area (Å²) in [5, 5.41) is 21.5. The van der Waals surface area contributed by atoms with Gasteiger partial charge < -0.3 is 4.57 Å². The Morgan fingerprint density at radius 1 is 0.500 bits per heavy atom. The summed E-state index contributed by atoms with van der Waals surface area (Å²) >= 11 is 0. The molecule has 2 heterocycles. The summed E-state index contributed by atoms with van der Waals surface area (Å²) in [5.74, 6) is -0.940. The number of aromatic nitrogens is 1. The summed E-state index contributed by atoms with van der Waals surface area (Å²) < 4.78 is 1.97. The highest BCUT2D eigenvalue weighted by Crippen LogP contribution is 2.45. The van der Waals surface area contributed by atoms with Crippen LogP contribution in [0.4, 0.5) is 17.1 Å². The Bertz CT molecular complexity index is 2990. The third-order valence-corrected chi connectivity index (χ3v) is 10.1. The topological polar surface area (TPSA) is 98.6 Å². The molecule has 0 radical (unpaired) electrons. The maximum absolute atomic E-state index is 14.8. The molecule has 0 spiro atoms. The minimum Gasteiger partial charge on any atom is -0.307 e. The van der Waals surface area contributed by atoms with E-state index < -0.39 is 11.8 Å². The van der Waals surface area contributed by atoms with E-state index >= 15 is 0 Å². The van der Waals surface area contributed by atoms with Gasteiger partial charge in [0.15, 0.2) is 11.4 Å². The van der Waals surface area contributed by atoms with E-state index in [0.29, 0.717) is 67.2 Å². The van der Waals surface area contributed by atoms with Crippen LogP contribution >= 0.6 is 0 Å². The number of amides is 2. The molecule has 7 aromatic carbocycles. The van der Waals surface area contributed by atoms with E-state index in [9.17, 15) is 20.1 Å². The van der Waals surface area contributed by atoms with Gasteiger partial charge in [0, 0.05) is 33.0 Å². The van der Waals surface area contributed by atoms with Crippen LogP contribution in [0.2, 0.25) is 0 Å². The predicted octanol–water partition coefficient (Wildman–Crippen LogP) is 11.4. The van der Waals surface area contributed by atoms with Crippen LogP contribution in [0.5, 0.6) is 0 Å². The van der Waals surface area contributed by atoms with Crippen LogP contribution in [-0.4, -0.2) is 16.4 Å². The maximum Gasteiger partial charge on any atom is 0.268 e. The van der Waals surface area contributed by atoms with Gasteiger partial charge in [-0.2, -0.15) is 10.5 Å². The lowest BCUT2D eigenvalue weighted by molar-refractivity contribution is 0.0926. The molecule has 0 unspecified atom stereocenters. The van der Waals surface area contributed by atoms with Gasteiger partial charge in [0.05, 0.1) is 58.8 Å². The molecular formula is C48H24N6O2. The minimum absolute atomic E-state index is 0.214. The lowest BCUT2D eigenvalue weighted by atomic mass is 9.98. The van der Waals surface area contributed by atoms with E-state index in [1.807, 2.05) is 95.6 Å². The number of nitrogens with zero attached hydrogens (tertiary/aromatic N) is 6. The molecule has 0 atom stereocenters. The second-order valence-corrected chi connectivity index (χ2v) is 13.3. The van der Waals surface area contributed by atoms with Gasteiger partial charge in [0.25, 0.3) is 11.8 Å². The van der Waals surface area contributed by atoms with E-state index in [1.54, 1.807) is 42.5 Å². The molecule has 8 heteroatoms. The fraction of sp³-hybridized carbons (Fsp3) is 0. The van der Waals surface area contributed by atoms with Crippen LogP contribution in [0, 0.1) is 35.8 Å². The van der Waals surface area contributed by atoms with Gasteiger partial charge in [-0.15, -0.1) is 0 Å². The first-order valence-corrected chi connectivity index (χ1v) is 17.5. The highest BCUT2D eigenvalue weighted by Gasteiger charge is 2.40. The van der Waals surface area contributed by atoms with Crippen molar-refractivity contribution in [3.63, 3.8) is 0 Å². The summed E-state index contributed by atoms with van der Waals surface area (Å²) in [7, 11) is 0. The molecule has 8 aromatic rings. The molecule has 1 aliphatic heterocycles. The van der Waals surface area contributed by atoms with Crippen molar-refractivity contribution in [2.45, 2.75) is 0 Å². The number of para-hydroxylation sites is 2. The van der Waals surface area contributed by atoms with E-state index in [1.165, 1.54) is 17.0 Å². The SMILES string of the molecule is [C-]#[N+]c1cc(C#N)cc(-c2cccc3c4cccc(-c5cc(C#N)cc([N+]#[C-])c5)c4n(-c4cccc5c4C(=O)N(c4cccc(-c6ccccc6)c4)C5=O)c23)c1. The van der Waals surface area contributed by atoms with Crippen LogP contribution < -0.4 is 4.90 Å². The lowest BCUT2D eigenvalue weighted by Crippen LogP contribution is -2.29. The summed E-state index contributed by atoms with van der Waals surface area (Å²) in [6, 6.07) is 48.2. The van der Waals surface area contributed by atoms with Gasteiger partial charge in [0.2, 0.25) is 0 Å². The molecule has 2 amide bonds. The first-order chi connectivity index (χ1) is 27.4.